The first-order chi connectivity index (χ1) is 5.88. The highest BCUT2D eigenvalue weighted by Gasteiger charge is 2.10. The summed E-state index contributed by atoms with van der Waals surface area (Å²) >= 11 is 0. The lowest BCUT2D eigenvalue weighted by Gasteiger charge is -2.11. The number of hydrogen-bond acceptors (Lipinski definition) is 2. The average molecular weight is 167 g/mol. The SMILES string of the molecule is CCCC(CCC)c1cnoc1. The van der Waals surface area contributed by atoms with Crippen LogP contribution in [0.15, 0.2) is 17.0 Å². The van der Waals surface area contributed by atoms with Crippen molar-refractivity contribution < 1.29 is 4.52 Å². The first-order valence-corrected chi connectivity index (χ1v) is 4.77. The largest absolute Gasteiger partial charge is 0.364 e. The van der Waals surface area contributed by atoms with Crippen molar-refractivity contribution in [1.29, 1.82) is 0 Å². The van der Waals surface area contributed by atoms with Gasteiger partial charge in [-0.2, -0.15) is 0 Å². The molecule has 0 atom stereocenters. The summed E-state index contributed by atoms with van der Waals surface area (Å²) in [5.74, 6) is 0.659. The molecule has 12 heavy (non-hydrogen) atoms. The smallest absolute Gasteiger partial charge is 0.127 e. The van der Waals surface area contributed by atoms with E-state index in [0.717, 1.165) is 0 Å². The third-order valence-electron chi connectivity index (χ3n) is 2.20. The van der Waals surface area contributed by atoms with Crippen LogP contribution in [0.3, 0.4) is 0 Å². The van der Waals surface area contributed by atoms with Crippen LogP contribution < -0.4 is 0 Å². The van der Waals surface area contributed by atoms with Crippen molar-refractivity contribution in [3.05, 3.63) is 18.0 Å². The molecular formula is C10H17NO. The summed E-state index contributed by atoms with van der Waals surface area (Å²) in [6.45, 7) is 4.44. The molecule has 0 aliphatic heterocycles. The molecule has 0 aliphatic carbocycles. The Morgan fingerprint density at radius 3 is 2.42 bits per heavy atom. The molecule has 0 aromatic carbocycles. The van der Waals surface area contributed by atoms with E-state index in [1.807, 2.05) is 6.20 Å². The molecule has 1 aromatic rings. The summed E-state index contributed by atoms with van der Waals surface area (Å²) in [6, 6.07) is 0. The molecule has 0 saturated heterocycles. The van der Waals surface area contributed by atoms with Crippen molar-refractivity contribution in [2.45, 2.75) is 45.4 Å². The molecule has 0 fully saturated rings. The Kier molecular flexibility index (Phi) is 3.85. The molecule has 0 amide bonds. The third-order valence-corrected chi connectivity index (χ3v) is 2.20. The van der Waals surface area contributed by atoms with Crippen LogP contribution in [0, 0.1) is 0 Å². The van der Waals surface area contributed by atoms with E-state index >= 15 is 0 Å². The molecular weight excluding hydrogens is 150 g/mol. The van der Waals surface area contributed by atoms with Gasteiger partial charge in [0.2, 0.25) is 0 Å². The normalized spacial score (nSPS) is 10.9. The fourth-order valence-corrected chi connectivity index (χ4v) is 1.59. The van der Waals surface area contributed by atoms with Gasteiger partial charge in [0.05, 0.1) is 6.20 Å². The van der Waals surface area contributed by atoms with E-state index in [2.05, 4.69) is 19.0 Å². The van der Waals surface area contributed by atoms with Crippen molar-refractivity contribution in [2.75, 3.05) is 0 Å². The Hall–Kier alpha value is -0.790. The summed E-state index contributed by atoms with van der Waals surface area (Å²) in [5, 5.41) is 3.73. The van der Waals surface area contributed by atoms with Gasteiger partial charge in [0.15, 0.2) is 0 Å². The van der Waals surface area contributed by atoms with Crippen LogP contribution >= 0.6 is 0 Å². The van der Waals surface area contributed by atoms with Gasteiger partial charge in [-0.25, -0.2) is 0 Å². The Bertz CT molecular complexity index is 188. The second-order valence-corrected chi connectivity index (χ2v) is 3.23. The van der Waals surface area contributed by atoms with Gasteiger partial charge in [-0.15, -0.1) is 0 Å². The van der Waals surface area contributed by atoms with Gasteiger partial charge in [-0.3, -0.25) is 0 Å². The van der Waals surface area contributed by atoms with Gasteiger partial charge in [0.1, 0.15) is 6.26 Å². The molecule has 0 aliphatic rings. The highest BCUT2D eigenvalue weighted by Crippen LogP contribution is 2.25. The maximum Gasteiger partial charge on any atom is 0.127 e. The monoisotopic (exact) mass is 167 g/mol. The molecule has 0 bridgehead atoms. The Morgan fingerprint density at radius 2 is 2.00 bits per heavy atom. The molecule has 1 rings (SSSR count). The zero-order chi connectivity index (χ0) is 8.81. The first kappa shape index (κ1) is 9.30. The summed E-state index contributed by atoms with van der Waals surface area (Å²) in [4.78, 5) is 0. The van der Waals surface area contributed by atoms with E-state index in [9.17, 15) is 0 Å². The molecule has 0 saturated carbocycles. The maximum atomic E-state index is 4.84. The molecule has 0 radical (unpaired) electrons. The van der Waals surface area contributed by atoms with Gasteiger partial charge in [-0.05, 0) is 18.8 Å². The van der Waals surface area contributed by atoms with E-state index in [1.54, 1.807) is 6.26 Å². The zero-order valence-electron chi connectivity index (χ0n) is 7.92. The lowest BCUT2D eigenvalue weighted by atomic mass is 9.93. The van der Waals surface area contributed by atoms with Crippen LogP contribution in [0.25, 0.3) is 0 Å². The summed E-state index contributed by atoms with van der Waals surface area (Å²) in [7, 11) is 0. The Labute approximate surface area is 74.0 Å². The van der Waals surface area contributed by atoms with Crippen molar-refractivity contribution in [2.24, 2.45) is 0 Å². The molecule has 1 aromatic heterocycles. The van der Waals surface area contributed by atoms with Crippen molar-refractivity contribution in [1.82, 2.24) is 5.16 Å². The van der Waals surface area contributed by atoms with Crippen LogP contribution in [0.2, 0.25) is 0 Å². The minimum Gasteiger partial charge on any atom is -0.364 e. The number of rotatable bonds is 5. The predicted molar refractivity (Wildman–Crippen MR) is 49.1 cm³/mol. The van der Waals surface area contributed by atoms with Gasteiger partial charge in [0, 0.05) is 5.56 Å². The number of nitrogens with zero attached hydrogens (tertiary/aromatic N) is 1. The van der Waals surface area contributed by atoms with Crippen LogP contribution in [-0.2, 0) is 0 Å². The molecule has 0 unspecified atom stereocenters. The van der Waals surface area contributed by atoms with Crippen molar-refractivity contribution >= 4 is 0 Å². The highest BCUT2D eigenvalue weighted by molar-refractivity contribution is 5.08. The molecule has 0 spiro atoms. The van der Waals surface area contributed by atoms with E-state index in [0.29, 0.717) is 5.92 Å². The minimum atomic E-state index is 0.659. The fourth-order valence-electron chi connectivity index (χ4n) is 1.59. The second kappa shape index (κ2) is 4.96. The maximum absolute atomic E-state index is 4.84. The highest BCUT2D eigenvalue weighted by atomic mass is 16.5. The minimum absolute atomic E-state index is 0.659. The lowest BCUT2D eigenvalue weighted by molar-refractivity contribution is 0.417. The van der Waals surface area contributed by atoms with E-state index in [4.69, 9.17) is 4.52 Å². The Balaban J connectivity index is 2.53. The van der Waals surface area contributed by atoms with Gasteiger partial charge >= 0.3 is 0 Å². The number of aromatic nitrogens is 1. The molecule has 1 heterocycles. The first-order valence-electron chi connectivity index (χ1n) is 4.77. The van der Waals surface area contributed by atoms with Crippen LogP contribution in [-0.4, -0.2) is 5.16 Å². The van der Waals surface area contributed by atoms with Crippen LogP contribution in [0.1, 0.15) is 51.0 Å². The van der Waals surface area contributed by atoms with Crippen molar-refractivity contribution in [3.8, 4) is 0 Å². The van der Waals surface area contributed by atoms with Crippen LogP contribution in [0.4, 0.5) is 0 Å². The summed E-state index contributed by atoms with van der Waals surface area (Å²) < 4.78 is 4.84. The van der Waals surface area contributed by atoms with Gasteiger partial charge in [0.25, 0.3) is 0 Å². The molecule has 2 heteroatoms. The third kappa shape index (κ3) is 2.36. The topological polar surface area (TPSA) is 26.0 Å². The predicted octanol–water partition coefficient (Wildman–Crippen LogP) is 3.36. The molecule has 2 nitrogen and oxygen atoms in total. The average Bonchev–Trinajstić information content (AvgIpc) is 2.56. The molecule has 0 N–H and O–H groups in total. The summed E-state index contributed by atoms with van der Waals surface area (Å²) in [6.07, 6.45) is 8.57. The lowest BCUT2D eigenvalue weighted by Crippen LogP contribution is -1.95. The van der Waals surface area contributed by atoms with E-state index in [1.165, 1.54) is 31.2 Å². The number of hydrogen-bond donors (Lipinski definition) is 0. The van der Waals surface area contributed by atoms with E-state index < -0.39 is 0 Å². The molecule has 68 valence electrons. The van der Waals surface area contributed by atoms with E-state index in [-0.39, 0.29) is 0 Å². The summed E-state index contributed by atoms with van der Waals surface area (Å²) in [5.41, 5.74) is 1.26. The Morgan fingerprint density at radius 1 is 1.33 bits per heavy atom. The van der Waals surface area contributed by atoms with Crippen LogP contribution in [0.5, 0.6) is 0 Å². The van der Waals surface area contributed by atoms with Gasteiger partial charge in [-0.1, -0.05) is 31.8 Å². The van der Waals surface area contributed by atoms with Gasteiger partial charge < -0.3 is 4.52 Å². The standard InChI is InChI=1S/C10H17NO/c1-3-5-9(6-4-2)10-7-11-12-8-10/h7-9H,3-6H2,1-2H3. The fraction of sp³-hybridized carbons (Fsp3) is 0.700. The zero-order valence-corrected chi connectivity index (χ0v) is 7.92. The quantitative estimate of drug-likeness (QED) is 0.672. The second-order valence-electron chi connectivity index (χ2n) is 3.23. The van der Waals surface area contributed by atoms with Crippen molar-refractivity contribution in [3.63, 3.8) is 0 Å².